The minimum absolute atomic E-state index is 0.00825. The lowest BCUT2D eigenvalue weighted by atomic mass is 10.0. The van der Waals surface area contributed by atoms with Gasteiger partial charge < -0.3 is 48.3 Å². The minimum Gasteiger partial charge on any atom is -0.491 e. The first-order valence-corrected chi connectivity index (χ1v) is 24.9. The van der Waals surface area contributed by atoms with Crippen LogP contribution in [0, 0.1) is 12.8 Å². The fourth-order valence-electron chi connectivity index (χ4n) is 8.82. The first kappa shape index (κ1) is 50.4. The van der Waals surface area contributed by atoms with Gasteiger partial charge in [0.25, 0.3) is 11.5 Å². The van der Waals surface area contributed by atoms with Crippen molar-refractivity contribution in [3.8, 4) is 39.3 Å². The summed E-state index contributed by atoms with van der Waals surface area (Å²) in [6.45, 7) is 8.17. The topological polar surface area (TPSA) is 223 Å². The zero-order chi connectivity index (χ0) is 51.0. The van der Waals surface area contributed by atoms with Gasteiger partial charge in [-0.1, -0.05) is 44.2 Å². The second-order valence-electron chi connectivity index (χ2n) is 18.0. The van der Waals surface area contributed by atoms with Crippen molar-refractivity contribution in [3.05, 3.63) is 135 Å². The van der Waals surface area contributed by atoms with E-state index in [-0.39, 0.29) is 62.6 Å². The number of nitrogens with one attached hydrogen (secondary N) is 1. The third-order valence-corrected chi connectivity index (χ3v) is 13.5. The van der Waals surface area contributed by atoms with E-state index in [0.717, 1.165) is 21.7 Å². The maximum atomic E-state index is 14.2. The van der Waals surface area contributed by atoms with Crippen LogP contribution in [0.2, 0.25) is 0 Å². The van der Waals surface area contributed by atoms with E-state index in [2.05, 4.69) is 25.4 Å². The van der Waals surface area contributed by atoms with Crippen LogP contribution in [-0.4, -0.2) is 122 Å². The van der Waals surface area contributed by atoms with Crippen molar-refractivity contribution in [2.45, 2.75) is 65.1 Å². The maximum Gasteiger partial charge on any atom is 0.266 e. The van der Waals surface area contributed by atoms with Crippen LogP contribution < -0.4 is 25.1 Å². The molecule has 73 heavy (non-hydrogen) atoms. The second kappa shape index (κ2) is 22.9. The van der Waals surface area contributed by atoms with Gasteiger partial charge in [0.1, 0.15) is 60.4 Å². The largest absolute Gasteiger partial charge is 0.491 e. The Kier molecular flexibility index (Phi) is 15.8. The Balaban J connectivity index is 0.703. The van der Waals surface area contributed by atoms with E-state index in [1.165, 1.54) is 27.0 Å². The number of benzene rings is 3. The molecule has 4 aromatic heterocycles. The molecule has 2 aliphatic heterocycles. The molecule has 0 aliphatic carbocycles. The van der Waals surface area contributed by atoms with Crippen molar-refractivity contribution in [2.75, 3.05) is 46.2 Å². The number of nitrogens with zero attached hydrogens (tertiary/aromatic N) is 7. The third kappa shape index (κ3) is 11.9. The Morgan fingerprint density at radius 2 is 1.67 bits per heavy atom. The van der Waals surface area contributed by atoms with E-state index >= 15 is 0 Å². The van der Waals surface area contributed by atoms with E-state index in [4.69, 9.17) is 28.1 Å². The van der Waals surface area contributed by atoms with Gasteiger partial charge in [-0.05, 0) is 66.4 Å². The van der Waals surface area contributed by atoms with Crippen molar-refractivity contribution in [2.24, 2.45) is 13.0 Å². The summed E-state index contributed by atoms with van der Waals surface area (Å²) in [4.78, 5) is 70.6. The van der Waals surface area contributed by atoms with Crippen LogP contribution in [0.1, 0.15) is 53.1 Å². The number of aryl methyl sites for hydroxylation is 2. The number of likely N-dealkylation sites (tertiary alicyclic amines) is 1. The smallest absolute Gasteiger partial charge is 0.266 e. The molecule has 3 amide bonds. The summed E-state index contributed by atoms with van der Waals surface area (Å²) in [7, 11) is 1.56. The first-order chi connectivity index (χ1) is 35.4. The Morgan fingerprint density at radius 3 is 2.41 bits per heavy atom. The fraction of sp³-hybridized carbons (Fsp3) is 0.358. The number of thiazole rings is 1. The summed E-state index contributed by atoms with van der Waals surface area (Å²) in [5.74, 6) is 0.814. The average molecular weight is 1010 g/mol. The summed E-state index contributed by atoms with van der Waals surface area (Å²) in [5, 5.41) is 17.9. The van der Waals surface area contributed by atoms with E-state index < -0.39 is 24.1 Å². The number of aliphatic hydroxyl groups is 1. The normalized spacial score (nSPS) is 15.8. The molecule has 380 valence electrons. The third-order valence-electron chi connectivity index (χ3n) is 12.5. The van der Waals surface area contributed by atoms with Gasteiger partial charge in [-0.3, -0.25) is 24.2 Å². The predicted molar refractivity (Wildman–Crippen MR) is 269 cm³/mol. The molecule has 0 radical (unpaired) electrons. The van der Waals surface area contributed by atoms with Crippen molar-refractivity contribution in [1.82, 2.24) is 39.8 Å². The van der Waals surface area contributed by atoms with Gasteiger partial charge in [-0.2, -0.15) is 5.10 Å². The number of amides is 3. The molecule has 0 spiro atoms. The van der Waals surface area contributed by atoms with E-state index in [1.54, 1.807) is 60.1 Å². The number of hydrogen-bond acceptors (Lipinski definition) is 16. The summed E-state index contributed by atoms with van der Waals surface area (Å²) >= 11 is 1.52. The molecule has 1 fully saturated rings. The summed E-state index contributed by atoms with van der Waals surface area (Å²) in [6.07, 6.45) is 0.819. The SMILES string of the molecule is Cc1ncsc1-c1ccc(CNC(=O)[C@@H]2C[C@@H](O)CN2C(=O)[C@H](C(C)C)N2Cc3ccccc3C2=O)c(OCCOCCOCCOc2ccc(COc3ccc4oc(-c5ccc(=O)n(C)n5)nc4c3)nc2)c1. The molecule has 0 unspecified atom stereocenters. The number of β-amino-alcohol motifs (C(OH)–C–C–N with tert-alkyl or cyclic N) is 1. The lowest BCUT2D eigenvalue weighted by Crippen LogP contribution is -2.55. The lowest BCUT2D eigenvalue weighted by Gasteiger charge is -2.35. The molecule has 2 aliphatic rings. The van der Waals surface area contributed by atoms with Crippen molar-refractivity contribution in [1.29, 1.82) is 0 Å². The minimum atomic E-state index is -0.920. The molecule has 9 rings (SSSR count). The van der Waals surface area contributed by atoms with Crippen LogP contribution in [0.5, 0.6) is 17.2 Å². The highest BCUT2D eigenvalue weighted by Crippen LogP contribution is 2.34. The van der Waals surface area contributed by atoms with E-state index in [9.17, 15) is 24.3 Å². The van der Waals surface area contributed by atoms with Crippen LogP contribution >= 0.6 is 11.3 Å². The van der Waals surface area contributed by atoms with Gasteiger partial charge in [0.15, 0.2) is 5.58 Å². The highest BCUT2D eigenvalue weighted by atomic mass is 32.1. The first-order valence-electron chi connectivity index (χ1n) is 24.0. The molecule has 1 saturated heterocycles. The average Bonchev–Trinajstić information content (AvgIpc) is 4.19. The van der Waals surface area contributed by atoms with Crippen LogP contribution in [0.15, 0.2) is 106 Å². The van der Waals surface area contributed by atoms with Crippen molar-refractivity contribution in [3.63, 3.8) is 0 Å². The maximum absolute atomic E-state index is 14.2. The number of carbonyl (C=O) groups is 3. The Bertz CT molecular complexity index is 3140. The highest BCUT2D eigenvalue weighted by Gasteiger charge is 2.46. The Hall–Kier alpha value is -7.52. The molecule has 20 heteroatoms. The van der Waals surface area contributed by atoms with Crippen LogP contribution in [0.4, 0.5) is 0 Å². The summed E-state index contributed by atoms with van der Waals surface area (Å²) in [6, 6.07) is 23.3. The van der Waals surface area contributed by atoms with E-state index in [1.807, 2.05) is 63.2 Å². The van der Waals surface area contributed by atoms with Crippen LogP contribution in [0.25, 0.3) is 33.1 Å². The Labute approximate surface area is 424 Å². The number of oxazole rings is 1. The number of aromatic nitrogens is 5. The summed E-state index contributed by atoms with van der Waals surface area (Å²) in [5.41, 5.74) is 7.82. The number of carbonyl (C=O) groups excluding carboxylic acids is 3. The van der Waals surface area contributed by atoms with E-state index in [0.29, 0.717) is 89.7 Å². The molecule has 6 heterocycles. The van der Waals surface area contributed by atoms with Gasteiger partial charge in [-0.15, -0.1) is 11.3 Å². The number of fused-ring (bicyclic) bond motifs is 2. The number of ether oxygens (including phenoxy) is 5. The monoisotopic (exact) mass is 1010 g/mol. The van der Waals surface area contributed by atoms with Crippen LogP contribution in [-0.2, 0) is 45.8 Å². The molecule has 3 aromatic carbocycles. The number of aliphatic hydroxyl groups excluding tert-OH is 1. The van der Waals surface area contributed by atoms with Gasteiger partial charge in [0, 0.05) is 56.4 Å². The zero-order valence-corrected chi connectivity index (χ0v) is 41.7. The van der Waals surface area contributed by atoms with Crippen molar-refractivity contribution >= 4 is 40.2 Å². The Morgan fingerprint density at radius 1 is 0.890 bits per heavy atom. The standard InChI is InChI=1S/C53H56N8O11S/c1-32(2)48(61-28-36-7-5-6-8-41(36)52(61)65)53(66)60-29-38(62)24-44(60)50(64)55-26-35-10-9-34(49-33(3)56-31-73-49)23-46(35)70-22-20-68-18-17-67-19-21-69-40-12-11-37(54-27-40)30-71-39-13-15-45-43(25-39)57-51(72-45)42-14-16-47(63)59(4)58-42/h5-16,23,25,27,31-32,38,44,48,62H,17-22,24,26,28-30H2,1-4H3,(H,55,64)/t38-,44+,48+/m1/s1. The summed E-state index contributed by atoms with van der Waals surface area (Å²) < 4.78 is 36.6. The van der Waals surface area contributed by atoms with Gasteiger partial charge in [0.2, 0.25) is 17.7 Å². The van der Waals surface area contributed by atoms with Gasteiger partial charge in [0.05, 0.1) is 60.5 Å². The molecule has 0 bridgehead atoms. The lowest BCUT2D eigenvalue weighted by molar-refractivity contribution is -0.143. The van der Waals surface area contributed by atoms with Crippen LogP contribution in [0.3, 0.4) is 0 Å². The predicted octanol–water partition coefficient (Wildman–Crippen LogP) is 5.74. The fourth-order valence-corrected chi connectivity index (χ4v) is 9.63. The second-order valence-corrected chi connectivity index (χ2v) is 18.9. The van der Waals surface area contributed by atoms with Crippen molar-refractivity contribution < 1.29 is 47.6 Å². The number of hydrogen-bond donors (Lipinski definition) is 2. The number of rotatable bonds is 22. The molecule has 3 atom stereocenters. The highest BCUT2D eigenvalue weighted by molar-refractivity contribution is 7.13. The number of pyridine rings is 1. The molecule has 19 nitrogen and oxygen atoms in total. The molecular formula is C53H56N8O11S. The molecule has 7 aromatic rings. The van der Waals surface area contributed by atoms with Gasteiger partial charge >= 0.3 is 0 Å². The van der Waals surface area contributed by atoms with Gasteiger partial charge in [-0.25, -0.2) is 14.6 Å². The molecule has 2 N–H and O–H groups in total. The molecular weight excluding hydrogens is 957 g/mol. The molecule has 0 saturated carbocycles. The quantitative estimate of drug-likeness (QED) is 0.0773. The zero-order valence-electron chi connectivity index (χ0n) is 40.9.